The molecule has 2 aromatic rings. The van der Waals surface area contributed by atoms with E-state index in [1.54, 1.807) is 36.5 Å². The van der Waals surface area contributed by atoms with E-state index in [0.29, 0.717) is 11.5 Å². The van der Waals surface area contributed by atoms with Gasteiger partial charge in [-0.15, -0.1) is 0 Å². The summed E-state index contributed by atoms with van der Waals surface area (Å²) in [5.74, 6) is -1.13. The van der Waals surface area contributed by atoms with Gasteiger partial charge in [-0.25, -0.2) is 4.98 Å². The lowest BCUT2D eigenvalue weighted by Crippen LogP contribution is -2.44. The van der Waals surface area contributed by atoms with Crippen molar-refractivity contribution in [2.24, 2.45) is 0 Å². The quantitative estimate of drug-likeness (QED) is 0.827. The van der Waals surface area contributed by atoms with Crippen molar-refractivity contribution in [1.82, 2.24) is 9.88 Å². The highest BCUT2D eigenvalue weighted by Gasteiger charge is 2.16. The van der Waals surface area contributed by atoms with Gasteiger partial charge in [-0.2, -0.15) is 0 Å². The molecule has 1 fully saturated rings. The Morgan fingerprint density at radius 3 is 2.24 bits per heavy atom. The Morgan fingerprint density at radius 2 is 1.60 bits per heavy atom. The first-order valence-electron chi connectivity index (χ1n) is 8.19. The molecular formula is C18H21N5O2. The molecule has 1 aromatic heterocycles. The third-order valence-electron chi connectivity index (χ3n) is 4.11. The van der Waals surface area contributed by atoms with Crippen LogP contribution in [0, 0.1) is 0 Å². The van der Waals surface area contributed by atoms with Gasteiger partial charge in [0, 0.05) is 43.8 Å². The summed E-state index contributed by atoms with van der Waals surface area (Å²) in [5, 5.41) is 5.05. The highest BCUT2D eigenvalue weighted by Crippen LogP contribution is 2.19. The molecule has 0 aliphatic carbocycles. The molecule has 25 heavy (non-hydrogen) atoms. The van der Waals surface area contributed by atoms with E-state index in [1.807, 2.05) is 12.1 Å². The number of hydrogen-bond donors (Lipinski definition) is 2. The van der Waals surface area contributed by atoms with Crippen molar-refractivity contribution in [3.63, 3.8) is 0 Å². The van der Waals surface area contributed by atoms with Gasteiger partial charge in [-0.3, -0.25) is 9.59 Å². The summed E-state index contributed by atoms with van der Waals surface area (Å²) in [6.07, 6.45) is 1.55. The monoisotopic (exact) mass is 339 g/mol. The van der Waals surface area contributed by atoms with Crippen LogP contribution >= 0.6 is 0 Å². The Hall–Kier alpha value is -2.93. The Labute approximate surface area is 146 Å². The van der Waals surface area contributed by atoms with E-state index in [1.165, 1.54) is 0 Å². The number of benzene rings is 1. The Bertz CT molecular complexity index is 725. The molecule has 7 heteroatoms. The van der Waals surface area contributed by atoms with Crippen LogP contribution < -0.4 is 15.5 Å². The summed E-state index contributed by atoms with van der Waals surface area (Å²) in [7, 11) is 2.12. The molecule has 0 unspecified atom stereocenters. The van der Waals surface area contributed by atoms with E-state index >= 15 is 0 Å². The summed E-state index contributed by atoms with van der Waals surface area (Å²) >= 11 is 0. The van der Waals surface area contributed by atoms with Gasteiger partial charge in [0.05, 0.1) is 0 Å². The van der Waals surface area contributed by atoms with Gasteiger partial charge < -0.3 is 20.4 Å². The van der Waals surface area contributed by atoms with E-state index in [0.717, 1.165) is 31.9 Å². The van der Waals surface area contributed by atoms with Crippen molar-refractivity contribution >= 4 is 29.0 Å². The largest absolute Gasteiger partial charge is 0.369 e. The minimum Gasteiger partial charge on any atom is -0.369 e. The summed E-state index contributed by atoms with van der Waals surface area (Å²) in [5.41, 5.74) is 1.70. The summed E-state index contributed by atoms with van der Waals surface area (Å²) in [6.45, 7) is 4.03. The fourth-order valence-corrected chi connectivity index (χ4v) is 2.62. The Balaban J connectivity index is 1.55. The van der Waals surface area contributed by atoms with E-state index in [2.05, 4.69) is 32.5 Å². The van der Waals surface area contributed by atoms with Crippen LogP contribution in [0.3, 0.4) is 0 Å². The second-order valence-electron chi connectivity index (χ2n) is 5.96. The van der Waals surface area contributed by atoms with Crippen molar-refractivity contribution in [3.05, 3.63) is 48.7 Å². The molecule has 0 radical (unpaired) electrons. The van der Waals surface area contributed by atoms with Crippen LogP contribution in [0.25, 0.3) is 0 Å². The molecule has 2 N–H and O–H groups in total. The number of hydrogen-bond acceptors (Lipinski definition) is 5. The molecule has 3 rings (SSSR count). The molecule has 0 saturated carbocycles. The van der Waals surface area contributed by atoms with Crippen molar-refractivity contribution < 1.29 is 9.59 Å². The molecule has 130 valence electrons. The third-order valence-corrected chi connectivity index (χ3v) is 4.11. The van der Waals surface area contributed by atoms with Gasteiger partial charge in [-0.05, 0) is 43.4 Å². The van der Waals surface area contributed by atoms with Gasteiger partial charge in [0.25, 0.3) is 0 Å². The minimum absolute atomic E-state index is 0.341. The third kappa shape index (κ3) is 4.54. The maximum atomic E-state index is 12.0. The average molecular weight is 339 g/mol. The lowest BCUT2D eigenvalue weighted by atomic mass is 10.2. The van der Waals surface area contributed by atoms with E-state index in [-0.39, 0.29) is 0 Å². The van der Waals surface area contributed by atoms with Crippen LogP contribution in [0.4, 0.5) is 17.2 Å². The molecular weight excluding hydrogens is 318 g/mol. The zero-order valence-corrected chi connectivity index (χ0v) is 14.1. The van der Waals surface area contributed by atoms with E-state index in [9.17, 15) is 9.59 Å². The standard InChI is InChI=1S/C18H21N5O2/c1-22-10-12-23(13-11-22)15-7-5-14(6-8-15)20-17(24)18(25)21-16-4-2-3-9-19-16/h2-9H,10-13H2,1H3,(H,20,24)(H,19,21,25). The highest BCUT2D eigenvalue weighted by molar-refractivity contribution is 6.43. The van der Waals surface area contributed by atoms with Gasteiger partial charge in [0.15, 0.2) is 0 Å². The second kappa shape index (κ2) is 7.76. The van der Waals surface area contributed by atoms with Gasteiger partial charge in [0.1, 0.15) is 5.82 Å². The van der Waals surface area contributed by atoms with Crippen molar-refractivity contribution in [2.75, 3.05) is 48.8 Å². The summed E-state index contributed by atoms with van der Waals surface area (Å²) < 4.78 is 0. The molecule has 0 bridgehead atoms. The summed E-state index contributed by atoms with van der Waals surface area (Å²) in [6, 6.07) is 12.6. The summed E-state index contributed by atoms with van der Waals surface area (Å²) in [4.78, 5) is 32.4. The normalized spacial score (nSPS) is 14.8. The predicted octanol–water partition coefficient (Wildman–Crippen LogP) is 1.41. The van der Waals surface area contributed by atoms with E-state index < -0.39 is 11.8 Å². The number of rotatable bonds is 3. The lowest BCUT2D eigenvalue weighted by molar-refractivity contribution is -0.133. The zero-order chi connectivity index (χ0) is 17.6. The predicted molar refractivity (Wildman–Crippen MR) is 97.6 cm³/mol. The molecule has 1 aromatic carbocycles. The fourth-order valence-electron chi connectivity index (χ4n) is 2.62. The van der Waals surface area contributed by atoms with Crippen molar-refractivity contribution in [1.29, 1.82) is 0 Å². The number of amides is 2. The van der Waals surface area contributed by atoms with Crippen LogP contribution in [0.5, 0.6) is 0 Å². The Kier molecular flexibility index (Phi) is 5.25. The van der Waals surface area contributed by atoms with Gasteiger partial charge >= 0.3 is 11.8 Å². The Morgan fingerprint density at radius 1 is 0.920 bits per heavy atom. The SMILES string of the molecule is CN1CCN(c2ccc(NC(=O)C(=O)Nc3ccccn3)cc2)CC1. The van der Waals surface area contributed by atoms with Crippen molar-refractivity contribution in [2.45, 2.75) is 0 Å². The number of piperazine rings is 1. The van der Waals surface area contributed by atoms with Crippen LogP contribution in [-0.2, 0) is 9.59 Å². The molecule has 0 atom stereocenters. The number of nitrogens with one attached hydrogen (secondary N) is 2. The van der Waals surface area contributed by atoms with Crippen LogP contribution in [-0.4, -0.2) is 54.9 Å². The fraction of sp³-hybridized carbons (Fsp3) is 0.278. The topological polar surface area (TPSA) is 77.6 Å². The number of anilines is 3. The number of likely N-dealkylation sites (N-methyl/N-ethyl adjacent to an activating group) is 1. The molecule has 7 nitrogen and oxygen atoms in total. The van der Waals surface area contributed by atoms with E-state index in [4.69, 9.17) is 0 Å². The zero-order valence-electron chi connectivity index (χ0n) is 14.1. The first-order chi connectivity index (χ1) is 12.1. The second-order valence-corrected chi connectivity index (χ2v) is 5.96. The lowest BCUT2D eigenvalue weighted by Gasteiger charge is -2.34. The molecule has 2 heterocycles. The number of carbonyl (C=O) groups excluding carboxylic acids is 2. The molecule has 1 aliphatic heterocycles. The van der Waals surface area contributed by atoms with Crippen LogP contribution in [0.1, 0.15) is 0 Å². The molecule has 1 saturated heterocycles. The molecule has 2 amide bonds. The molecule has 0 spiro atoms. The number of pyridine rings is 1. The van der Waals surface area contributed by atoms with Gasteiger partial charge in [0.2, 0.25) is 0 Å². The molecule has 1 aliphatic rings. The maximum Gasteiger partial charge on any atom is 0.315 e. The number of aromatic nitrogens is 1. The number of carbonyl (C=O) groups is 2. The number of nitrogens with zero attached hydrogens (tertiary/aromatic N) is 3. The van der Waals surface area contributed by atoms with Crippen LogP contribution in [0.15, 0.2) is 48.7 Å². The van der Waals surface area contributed by atoms with Crippen LogP contribution in [0.2, 0.25) is 0 Å². The first kappa shape index (κ1) is 16.9. The average Bonchev–Trinajstić information content (AvgIpc) is 2.64. The maximum absolute atomic E-state index is 12.0. The minimum atomic E-state index is -0.748. The highest BCUT2D eigenvalue weighted by atomic mass is 16.2. The first-order valence-corrected chi connectivity index (χ1v) is 8.19. The van der Waals surface area contributed by atoms with Gasteiger partial charge in [-0.1, -0.05) is 6.07 Å². The van der Waals surface area contributed by atoms with Crippen molar-refractivity contribution in [3.8, 4) is 0 Å². The smallest absolute Gasteiger partial charge is 0.315 e.